The number of methoxy groups -OCH3 is 1. The van der Waals surface area contributed by atoms with Gasteiger partial charge in [-0.15, -0.1) is 0 Å². The molecule has 0 heterocycles. The number of aliphatic hydroxyl groups is 1. The molecule has 0 aromatic carbocycles. The van der Waals surface area contributed by atoms with Gasteiger partial charge in [-0.1, -0.05) is 6.58 Å². The van der Waals surface area contributed by atoms with Crippen molar-refractivity contribution in [2.75, 3.05) is 13.7 Å². The summed E-state index contributed by atoms with van der Waals surface area (Å²) in [6.07, 6.45) is -10.7. The SMILES string of the molecule is C=CC(=O)OCC(O)CC(F)(F)C(F)(F)C(F)(OC)C(F)(F)F. The van der Waals surface area contributed by atoms with Crippen molar-refractivity contribution in [1.29, 1.82) is 0 Å². The molecular weight excluding hydrogens is 348 g/mol. The van der Waals surface area contributed by atoms with E-state index in [1.165, 1.54) is 0 Å². The molecule has 0 amide bonds. The van der Waals surface area contributed by atoms with Gasteiger partial charge < -0.3 is 14.6 Å². The van der Waals surface area contributed by atoms with Crippen molar-refractivity contribution in [3.63, 3.8) is 0 Å². The number of aliphatic hydroxyl groups excluding tert-OH is 1. The summed E-state index contributed by atoms with van der Waals surface area (Å²) in [7, 11) is -0.167. The molecule has 136 valence electrons. The van der Waals surface area contributed by atoms with Crippen LogP contribution in [0.1, 0.15) is 6.42 Å². The molecular formula is C11H12F8O4. The smallest absolute Gasteiger partial charge is 0.455 e. The maximum Gasteiger partial charge on any atom is 0.455 e. The average molecular weight is 360 g/mol. The fraction of sp³-hybridized carbons (Fsp3) is 0.727. The van der Waals surface area contributed by atoms with Crippen LogP contribution in [0.3, 0.4) is 0 Å². The van der Waals surface area contributed by atoms with E-state index in [4.69, 9.17) is 5.11 Å². The Morgan fingerprint density at radius 2 is 1.65 bits per heavy atom. The molecule has 0 spiro atoms. The normalized spacial score (nSPS) is 17.3. The third-order valence-electron chi connectivity index (χ3n) is 2.59. The zero-order valence-corrected chi connectivity index (χ0v) is 11.5. The van der Waals surface area contributed by atoms with E-state index in [-0.39, 0.29) is 7.11 Å². The summed E-state index contributed by atoms with van der Waals surface area (Å²) in [5, 5.41) is 9.06. The van der Waals surface area contributed by atoms with Crippen molar-refractivity contribution in [3.05, 3.63) is 12.7 Å². The van der Waals surface area contributed by atoms with Crippen LogP contribution >= 0.6 is 0 Å². The predicted molar refractivity (Wildman–Crippen MR) is 58.6 cm³/mol. The van der Waals surface area contributed by atoms with E-state index in [2.05, 4.69) is 16.1 Å². The Morgan fingerprint density at radius 3 is 2.00 bits per heavy atom. The maximum atomic E-state index is 13.4. The first-order valence-corrected chi connectivity index (χ1v) is 5.70. The van der Waals surface area contributed by atoms with E-state index in [0.717, 1.165) is 0 Å². The minimum atomic E-state index is -6.48. The summed E-state index contributed by atoms with van der Waals surface area (Å²) in [6.45, 7) is 1.67. The van der Waals surface area contributed by atoms with Gasteiger partial charge in [0.15, 0.2) is 0 Å². The lowest BCUT2D eigenvalue weighted by atomic mass is 9.97. The first kappa shape index (κ1) is 21.6. The molecule has 0 radical (unpaired) electrons. The van der Waals surface area contributed by atoms with Gasteiger partial charge in [-0.3, -0.25) is 0 Å². The third kappa shape index (κ3) is 4.31. The van der Waals surface area contributed by atoms with Crippen molar-refractivity contribution < 1.29 is 54.5 Å². The van der Waals surface area contributed by atoms with Gasteiger partial charge >= 0.3 is 29.8 Å². The zero-order chi connectivity index (χ0) is 18.7. The molecule has 12 heteroatoms. The highest BCUT2D eigenvalue weighted by atomic mass is 19.4. The number of alkyl halides is 8. The van der Waals surface area contributed by atoms with E-state index >= 15 is 0 Å². The van der Waals surface area contributed by atoms with Gasteiger partial charge in [-0.2, -0.15) is 35.1 Å². The summed E-state index contributed by atoms with van der Waals surface area (Å²) in [5.41, 5.74) is 0. The number of ether oxygens (including phenoxy) is 2. The van der Waals surface area contributed by atoms with Crippen molar-refractivity contribution in [2.45, 2.75) is 36.4 Å². The summed E-state index contributed by atoms with van der Waals surface area (Å²) >= 11 is 0. The predicted octanol–water partition coefficient (Wildman–Crippen LogP) is 2.61. The monoisotopic (exact) mass is 360 g/mol. The number of carbonyl (C=O) groups is 1. The molecule has 0 aliphatic rings. The molecule has 0 fully saturated rings. The van der Waals surface area contributed by atoms with E-state index in [9.17, 15) is 39.9 Å². The van der Waals surface area contributed by atoms with E-state index in [1.807, 2.05) is 0 Å². The number of hydrogen-bond donors (Lipinski definition) is 1. The fourth-order valence-electron chi connectivity index (χ4n) is 1.38. The van der Waals surface area contributed by atoms with Crippen molar-refractivity contribution in [3.8, 4) is 0 Å². The molecule has 0 aromatic heterocycles. The molecule has 4 nitrogen and oxygen atoms in total. The van der Waals surface area contributed by atoms with E-state index < -0.39 is 49.0 Å². The molecule has 2 atom stereocenters. The van der Waals surface area contributed by atoms with Gasteiger partial charge in [-0.25, -0.2) is 4.79 Å². The average Bonchev–Trinajstić information content (AvgIpc) is 2.41. The second kappa shape index (κ2) is 6.99. The maximum absolute atomic E-state index is 13.4. The van der Waals surface area contributed by atoms with Gasteiger partial charge in [-0.05, 0) is 0 Å². The Labute approximate surface area is 124 Å². The Morgan fingerprint density at radius 1 is 1.17 bits per heavy atom. The summed E-state index contributed by atoms with van der Waals surface area (Å²) in [4.78, 5) is 10.6. The van der Waals surface area contributed by atoms with Gasteiger partial charge in [0.05, 0.1) is 6.10 Å². The molecule has 0 rings (SSSR count). The molecule has 1 N–H and O–H groups in total. The number of esters is 1. The minimum absolute atomic E-state index is 0.167. The molecule has 0 aliphatic carbocycles. The third-order valence-corrected chi connectivity index (χ3v) is 2.59. The molecule has 0 saturated carbocycles. The van der Waals surface area contributed by atoms with Crippen LogP contribution in [0, 0.1) is 0 Å². The van der Waals surface area contributed by atoms with Crippen LogP contribution in [0.5, 0.6) is 0 Å². The number of rotatable bonds is 8. The first-order chi connectivity index (χ1) is 10.2. The topological polar surface area (TPSA) is 55.8 Å². The molecule has 2 unspecified atom stereocenters. The number of carbonyl (C=O) groups excluding carboxylic acids is 1. The van der Waals surface area contributed by atoms with Crippen molar-refractivity contribution in [1.82, 2.24) is 0 Å². The minimum Gasteiger partial charge on any atom is -0.460 e. The number of hydrogen-bond acceptors (Lipinski definition) is 4. The highest BCUT2D eigenvalue weighted by Crippen LogP contribution is 2.53. The van der Waals surface area contributed by atoms with Crippen LogP contribution in [0.15, 0.2) is 12.7 Å². The molecule has 0 aromatic rings. The molecule has 0 saturated heterocycles. The second-order valence-electron chi connectivity index (χ2n) is 4.27. The van der Waals surface area contributed by atoms with Crippen LogP contribution in [-0.2, 0) is 14.3 Å². The molecule has 23 heavy (non-hydrogen) atoms. The van der Waals surface area contributed by atoms with Crippen molar-refractivity contribution >= 4 is 5.97 Å². The Balaban J connectivity index is 5.30. The van der Waals surface area contributed by atoms with Crippen LogP contribution in [0.25, 0.3) is 0 Å². The Bertz CT molecular complexity index is 436. The standard InChI is InChI=1S/C11H12F8O4/c1-3-7(21)23-5-6(20)4-8(12,13)9(14,15)10(16,22-2)11(17,18)19/h3,6,20H,1,4-5H2,2H3. The van der Waals surface area contributed by atoms with E-state index in [1.54, 1.807) is 0 Å². The highest BCUT2D eigenvalue weighted by molar-refractivity contribution is 5.81. The first-order valence-electron chi connectivity index (χ1n) is 5.70. The lowest BCUT2D eigenvalue weighted by molar-refractivity contribution is -0.429. The van der Waals surface area contributed by atoms with Crippen LogP contribution < -0.4 is 0 Å². The Kier molecular flexibility index (Phi) is 6.56. The van der Waals surface area contributed by atoms with Gasteiger partial charge in [0.1, 0.15) is 6.61 Å². The lowest BCUT2D eigenvalue weighted by Crippen LogP contribution is -2.64. The van der Waals surface area contributed by atoms with Crippen LogP contribution in [0.4, 0.5) is 35.1 Å². The zero-order valence-electron chi connectivity index (χ0n) is 11.5. The van der Waals surface area contributed by atoms with Crippen LogP contribution in [0.2, 0.25) is 0 Å². The van der Waals surface area contributed by atoms with Gasteiger partial charge in [0.25, 0.3) is 0 Å². The summed E-state index contributed by atoms with van der Waals surface area (Å²) in [5.74, 6) is -19.2. The van der Waals surface area contributed by atoms with Crippen LogP contribution in [-0.4, -0.2) is 54.8 Å². The lowest BCUT2D eigenvalue weighted by Gasteiger charge is -2.38. The van der Waals surface area contributed by atoms with Crippen molar-refractivity contribution in [2.24, 2.45) is 0 Å². The Hall–Kier alpha value is -1.43. The largest absolute Gasteiger partial charge is 0.460 e. The second-order valence-corrected chi connectivity index (χ2v) is 4.27. The fourth-order valence-corrected chi connectivity index (χ4v) is 1.38. The highest BCUT2D eigenvalue weighted by Gasteiger charge is 2.81. The number of halogens is 8. The quantitative estimate of drug-likeness (QED) is 0.411. The summed E-state index contributed by atoms with van der Waals surface area (Å²) in [6, 6.07) is 0. The molecule has 0 bridgehead atoms. The molecule has 0 aliphatic heterocycles. The van der Waals surface area contributed by atoms with Gasteiger partial charge in [0, 0.05) is 19.6 Å². The summed E-state index contributed by atoms with van der Waals surface area (Å²) < 4.78 is 111. The van der Waals surface area contributed by atoms with Gasteiger partial charge in [0.2, 0.25) is 0 Å². The van der Waals surface area contributed by atoms with E-state index in [0.29, 0.717) is 6.08 Å².